The van der Waals surface area contributed by atoms with Gasteiger partial charge in [-0.25, -0.2) is 4.79 Å². The topological polar surface area (TPSA) is 56.8 Å². The van der Waals surface area contributed by atoms with Gasteiger partial charge in [0.25, 0.3) is 0 Å². The van der Waals surface area contributed by atoms with E-state index >= 15 is 0 Å². The summed E-state index contributed by atoms with van der Waals surface area (Å²) < 4.78 is 17.9. The molecule has 0 aromatic heterocycles. The minimum atomic E-state index is -0.680. The maximum atomic E-state index is 12.3. The number of anilines is 1. The number of rotatable bonds is 3. The molecule has 9 heteroatoms. The second kappa shape index (κ2) is 8.24. The molecule has 1 aliphatic rings. The average molecular weight is 512 g/mol. The van der Waals surface area contributed by atoms with Crippen molar-refractivity contribution < 1.29 is 19.0 Å². The Morgan fingerprint density at radius 2 is 1.84 bits per heavy atom. The molecule has 1 N–H and O–H groups in total. The zero-order valence-corrected chi connectivity index (χ0v) is 17.2. The van der Waals surface area contributed by atoms with Gasteiger partial charge >= 0.3 is 6.09 Å². The lowest BCUT2D eigenvalue weighted by Crippen LogP contribution is -2.18. The first-order valence-electron chi connectivity index (χ1n) is 7.10. The number of amides is 1. The number of nitrogens with one attached hydrogen (secondary N) is 1. The Morgan fingerprint density at radius 3 is 2.52 bits per heavy atom. The van der Waals surface area contributed by atoms with Crippen molar-refractivity contribution >= 4 is 66.8 Å². The van der Waals surface area contributed by atoms with Gasteiger partial charge in [0.05, 0.1) is 33.3 Å². The number of benzene rings is 2. The largest absolute Gasteiger partial charge is 0.417 e. The molecule has 0 radical (unpaired) electrons. The van der Waals surface area contributed by atoms with Gasteiger partial charge in [0, 0.05) is 10.2 Å². The van der Waals surface area contributed by atoms with Crippen LogP contribution in [0.4, 0.5) is 10.5 Å². The van der Waals surface area contributed by atoms with E-state index in [1.165, 1.54) is 6.07 Å². The van der Waals surface area contributed by atoms with E-state index in [1.807, 2.05) is 0 Å². The molecule has 1 amide bonds. The minimum Gasteiger partial charge on any atom is -0.408 e. The second-order valence-electron chi connectivity index (χ2n) is 5.02. The van der Waals surface area contributed by atoms with E-state index in [0.29, 0.717) is 44.7 Å². The second-order valence-corrected chi connectivity index (χ2v) is 7.61. The number of carbonyl (C=O) groups is 1. The molecule has 2 aromatic carbocycles. The molecule has 1 fully saturated rings. The first-order chi connectivity index (χ1) is 11.9. The maximum absolute atomic E-state index is 12.3. The molecule has 5 nitrogen and oxygen atoms in total. The third-order valence-electron chi connectivity index (χ3n) is 3.27. The summed E-state index contributed by atoms with van der Waals surface area (Å²) in [6, 6.07) is 8.28. The number of hydrogen-bond donors (Lipinski definition) is 1. The van der Waals surface area contributed by atoms with E-state index in [0.717, 1.165) is 4.47 Å². The van der Waals surface area contributed by atoms with E-state index in [1.54, 1.807) is 24.3 Å². The van der Waals surface area contributed by atoms with Crippen LogP contribution in [0.1, 0.15) is 11.9 Å². The Kier molecular flexibility index (Phi) is 6.25. The summed E-state index contributed by atoms with van der Waals surface area (Å²) in [6.07, 6.45) is -1.28. The summed E-state index contributed by atoms with van der Waals surface area (Å²) in [5, 5.41) is 3.33. The fraction of sp³-hybridized carbons (Fsp3) is 0.188. The lowest BCUT2D eigenvalue weighted by atomic mass is 10.2. The van der Waals surface area contributed by atoms with Gasteiger partial charge in [-0.1, -0.05) is 39.1 Å². The van der Waals surface area contributed by atoms with Crippen LogP contribution in [-0.4, -0.2) is 19.3 Å². The standard InChI is InChI=1S/C16H11Br2Cl2NO4/c17-8-5-10(15-23-3-4-24-15)14(11(18)6-8)25-16(22)21-9-1-2-12(19)13(20)7-9/h1-2,5-7,15H,3-4H2,(H,21,22). The smallest absolute Gasteiger partial charge is 0.408 e. The van der Waals surface area contributed by atoms with Crippen LogP contribution in [0, 0.1) is 0 Å². The van der Waals surface area contributed by atoms with E-state index in [4.69, 9.17) is 37.4 Å². The van der Waals surface area contributed by atoms with Gasteiger partial charge in [-0.3, -0.25) is 5.32 Å². The van der Waals surface area contributed by atoms with Gasteiger partial charge in [-0.15, -0.1) is 0 Å². The van der Waals surface area contributed by atoms with Crippen molar-refractivity contribution in [2.75, 3.05) is 18.5 Å². The molecular formula is C16H11Br2Cl2NO4. The molecular weight excluding hydrogens is 501 g/mol. The number of carbonyl (C=O) groups excluding carboxylic acids is 1. The van der Waals surface area contributed by atoms with Crippen LogP contribution >= 0.6 is 55.1 Å². The van der Waals surface area contributed by atoms with Crippen LogP contribution in [0.25, 0.3) is 0 Å². The number of ether oxygens (including phenoxy) is 3. The molecule has 3 rings (SSSR count). The quantitative estimate of drug-likeness (QED) is 0.535. The highest BCUT2D eigenvalue weighted by molar-refractivity contribution is 9.11. The van der Waals surface area contributed by atoms with Crippen LogP contribution in [-0.2, 0) is 9.47 Å². The minimum absolute atomic E-state index is 0.313. The molecule has 0 unspecified atom stereocenters. The lowest BCUT2D eigenvalue weighted by Gasteiger charge is -2.17. The molecule has 1 heterocycles. The summed E-state index contributed by atoms with van der Waals surface area (Å²) in [7, 11) is 0. The molecule has 0 saturated carbocycles. The molecule has 1 saturated heterocycles. The summed E-state index contributed by atoms with van der Waals surface area (Å²) in [5.41, 5.74) is 1.06. The van der Waals surface area contributed by atoms with E-state index in [9.17, 15) is 4.79 Å². The first kappa shape index (κ1) is 18.9. The molecule has 0 atom stereocenters. The monoisotopic (exact) mass is 509 g/mol. The van der Waals surface area contributed by atoms with Gasteiger partial charge in [-0.2, -0.15) is 0 Å². The SMILES string of the molecule is O=C(Nc1ccc(Cl)c(Cl)c1)Oc1c(Br)cc(Br)cc1C1OCCO1. The summed E-state index contributed by atoms with van der Waals surface area (Å²) in [4.78, 5) is 12.3. The Morgan fingerprint density at radius 1 is 1.12 bits per heavy atom. The Hall–Kier alpha value is -0.830. The predicted octanol–water partition coefficient (Wildman–Crippen LogP) is 6.17. The van der Waals surface area contributed by atoms with Gasteiger partial charge < -0.3 is 14.2 Å². The van der Waals surface area contributed by atoms with Crippen LogP contribution in [0.3, 0.4) is 0 Å². The molecule has 25 heavy (non-hydrogen) atoms. The average Bonchev–Trinajstić information content (AvgIpc) is 3.07. The zero-order valence-electron chi connectivity index (χ0n) is 12.5. The maximum Gasteiger partial charge on any atom is 0.417 e. The van der Waals surface area contributed by atoms with Crippen LogP contribution < -0.4 is 10.1 Å². The van der Waals surface area contributed by atoms with Gasteiger partial charge in [0.1, 0.15) is 0 Å². The molecule has 132 valence electrons. The molecule has 1 aliphatic heterocycles. The highest BCUT2D eigenvalue weighted by Gasteiger charge is 2.26. The summed E-state index contributed by atoms with van der Waals surface area (Å²) >= 11 is 18.6. The molecule has 0 bridgehead atoms. The Bertz CT molecular complexity index is 813. The van der Waals surface area contributed by atoms with E-state index < -0.39 is 12.4 Å². The Labute approximate surface area is 170 Å². The van der Waals surface area contributed by atoms with Gasteiger partial charge in [0.2, 0.25) is 0 Å². The van der Waals surface area contributed by atoms with Crippen molar-refractivity contribution in [3.8, 4) is 5.75 Å². The number of halogens is 4. The van der Waals surface area contributed by atoms with Crippen molar-refractivity contribution in [3.63, 3.8) is 0 Å². The predicted molar refractivity (Wildman–Crippen MR) is 103 cm³/mol. The normalized spacial score (nSPS) is 14.6. The fourth-order valence-corrected chi connectivity index (χ4v) is 3.85. The summed E-state index contributed by atoms with van der Waals surface area (Å²) in [6.45, 7) is 0.952. The fourth-order valence-electron chi connectivity index (χ4n) is 2.21. The lowest BCUT2D eigenvalue weighted by molar-refractivity contribution is -0.0453. The van der Waals surface area contributed by atoms with Crippen LogP contribution in [0.5, 0.6) is 5.75 Å². The van der Waals surface area contributed by atoms with Crippen molar-refractivity contribution in [2.45, 2.75) is 6.29 Å². The summed E-state index contributed by atoms with van der Waals surface area (Å²) in [5.74, 6) is 0.313. The third-order valence-corrected chi connectivity index (χ3v) is 5.06. The van der Waals surface area contributed by atoms with Crippen LogP contribution in [0.15, 0.2) is 39.3 Å². The highest BCUT2D eigenvalue weighted by atomic mass is 79.9. The number of hydrogen-bond acceptors (Lipinski definition) is 4. The molecule has 2 aromatic rings. The van der Waals surface area contributed by atoms with E-state index in [2.05, 4.69) is 37.2 Å². The Balaban J connectivity index is 1.81. The van der Waals surface area contributed by atoms with Gasteiger partial charge in [-0.05, 0) is 46.3 Å². The molecule has 0 aliphatic carbocycles. The van der Waals surface area contributed by atoms with Crippen molar-refractivity contribution in [2.24, 2.45) is 0 Å². The van der Waals surface area contributed by atoms with Crippen molar-refractivity contribution in [3.05, 3.63) is 54.9 Å². The van der Waals surface area contributed by atoms with E-state index in [-0.39, 0.29) is 0 Å². The van der Waals surface area contributed by atoms with Crippen LogP contribution in [0.2, 0.25) is 10.0 Å². The zero-order chi connectivity index (χ0) is 18.0. The third kappa shape index (κ3) is 4.67. The first-order valence-corrected chi connectivity index (χ1v) is 9.44. The van der Waals surface area contributed by atoms with Gasteiger partial charge in [0.15, 0.2) is 12.0 Å². The van der Waals surface area contributed by atoms with Crippen molar-refractivity contribution in [1.82, 2.24) is 0 Å². The highest BCUT2D eigenvalue weighted by Crippen LogP contribution is 2.39. The molecule has 0 spiro atoms. The van der Waals surface area contributed by atoms with Crippen molar-refractivity contribution in [1.29, 1.82) is 0 Å².